The monoisotopic (exact) mass is 506 g/mol. The lowest BCUT2D eigenvalue weighted by Crippen LogP contribution is -2.49. The molecule has 184 valence electrons. The largest absolute Gasteiger partial charge is 0.377 e. The van der Waals surface area contributed by atoms with Gasteiger partial charge in [-0.3, -0.25) is 4.90 Å². The van der Waals surface area contributed by atoms with Crippen molar-refractivity contribution in [2.75, 3.05) is 75.3 Å². The molecule has 4 heterocycles. The number of hydrogen-bond donors (Lipinski definition) is 0. The van der Waals surface area contributed by atoms with Gasteiger partial charge in [0.25, 0.3) is 0 Å². The molecule has 1 aromatic carbocycles. The predicted molar refractivity (Wildman–Crippen MR) is 132 cm³/mol. The van der Waals surface area contributed by atoms with Crippen molar-refractivity contribution >= 4 is 33.3 Å². The van der Waals surface area contributed by atoms with Crippen LogP contribution in [-0.4, -0.2) is 99.4 Å². The number of piperazine rings is 2. The Hall–Kier alpha value is -1.98. The van der Waals surface area contributed by atoms with Crippen LogP contribution in [0.2, 0.25) is 5.02 Å². The molecular formula is C23H31ClN6O3S. The van der Waals surface area contributed by atoms with Gasteiger partial charge >= 0.3 is 0 Å². The fraction of sp³-hybridized carbons (Fsp3) is 0.565. The predicted octanol–water partition coefficient (Wildman–Crippen LogP) is 1.94. The van der Waals surface area contributed by atoms with Crippen molar-refractivity contribution in [3.63, 3.8) is 0 Å². The van der Waals surface area contributed by atoms with Crippen LogP contribution >= 0.6 is 11.6 Å². The molecule has 0 aliphatic carbocycles. The molecule has 3 fully saturated rings. The lowest BCUT2D eigenvalue weighted by molar-refractivity contribution is 0.0712. The maximum Gasteiger partial charge on any atom is 0.243 e. The third-order valence-electron chi connectivity index (χ3n) is 6.83. The molecule has 0 N–H and O–H groups in total. The second-order valence-electron chi connectivity index (χ2n) is 9.02. The van der Waals surface area contributed by atoms with Crippen LogP contribution in [0.25, 0.3) is 0 Å². The molecule has 0 amide bonds. The molecule has 3 aliphatic rings. The first-order valence-corrected chi connectivity index (χ1v) is 13.7. The molecule has 11 heteroatoms. The van der Waals surface area contributed by atoms with E-state index in [4.69, 9.17) is 16.3 Å². The minimum atomic E-state index is -3.52. The molecule has 0 bridgehead atoms. The van der Waals surface area contributed by atoms with Crippen LogP contribution in [0.3, 0.4) is 0 Å². The lowest BCUT2D eigenvalue weighted by Gasteiger charge is -2.36. The number of benzene rings is 1. The fourth-order valence-electron chi connectivity index (χ4n) is 4.80. The molecule has 3 aliphatic heterocycles. The van der Waals surface area contributed by atoms with Crippen molar-refractivity contribution in [3.05, 3.63) is 41.4 Å². The van der Waals surface area contributed by atoms with Crippen LogP contribution in [-0.2, 0) is 14.8 Å². The van der Waals surface area contributed by atoms with Crippen molar-refractivity contribution in [1.82, 2.24) is 19.4 Å². The minimum absolute atomic E-state index is 0.269. The van der Waals surface area contributed by atoms with Crippen molar-refractivity contribution in [1.29, 1.82) is 0 Å². The zero-order chi connectivity index (χ0) is 23.5. The number of aromatic nitrogens is 2. The molecule has 9 nitrogen and oxygen atoms in total. The Labute approximate surface area is 206 Å². The summed E-state index contributed by atoms with van der Waals surface area (Å²) < 4.78 is 33.1. The van der Waals surface area contributed by atoms with Crippen LogP contribution in [0, 0.1) is 0 Å². The van der Waals surface area contributed by atoms with Gasteiger partial charge in [0.15, 0.2) is 11.6 Å². The van der Waals surface area contributed by atoms with Crippen molar-refractivity contribution in [2.45, 2.75) is 23.8 Å². The highest BCUT2D eigenvalue weighted by atomic mass is 35.5. The average Bonchev–Trinajstić information content (AvgIpc) is 3.38. The third-order valence-corrected chi connectivity index (χ3v) is 9.00. The number of rotatable bonds is 6. The zero-order valence-corrected chi connectivity index (χ0v) is 20.8. The van der Waals surface area contributed by atoms with Crippen molar-refractivity contribution in [3.8, 4) is 0 Å². The van der Waals surface area contributed by atoms with E-state index in [0.29, 0.717) is 37.3 Å². The maximum absolute atomic E-state index is 12.9. The van der Waals surface area contributed by atoms with Gasteiger partial charge in [0.1, 0.15) is 0 Å². The first-order valence-electron chi connectivity index (χ1n) is 11.9. The number of halogens is 1. The Morgan fingerprint density at radius 2 is 1.44 bits per heavy atom. The summed E-state index contributed by atoms with van der Waals surface area (Å²) in [5.41, 5.74) is 0. The SMILES string of the molecule is O=S(=O)(c1ccc(Cl)cc1)N1CCN(c2ccc(N3CCN(CC4CCCO4)CC3)nn2)CC1. The molecule has 1 atom stereocenters. The summed E-state index contributed by atoms with van der Waals surface area (Å²) in [4.78, 5) is 7.11. The van der Waals surface area contributed by atoms with Gasteiger partial charge in [0.2, 0.25) is 10.0 Å². The number of anilines is 2. The second kappa shape index (κ2) is 10.3. The lowest BCUT2D eigenvalue weighted by atomic mass is 10.2. The van der Waals surface area contributed by atoms with E-state index in [1.54, 1.807) is 24.3 Å². The molecule has 34 heavy (non-hydrogen) atoms. The van der Waals surface area contributed by atoms with Crippen molar-refractivity contribution in [2.24, 2.45) is 0 Å². The Morgan fingerprint density at radius 1 is 0.853 bits per heavy atom. The van der Waals surface area contributed by atoms with E-state index in [9.17, 15) is 8.42 Å². The smallest absolute Gasteiger partial charge is 0.243 e. The molecule has 3 saturated heterocycles. The minimum Gasteiger partial charge on any atom is -0.377 e. The maximum atomic E-state index is 12.9. The normalized spacial score (nSPS) is 22.9. The van der Waals surface area contributed by atoms with Crippen LogP contribution in [0.5, 0.6) is 0 Å². The van der Waals surface area contributed by atoms with Crippen LogP contribution < -0.4 is 9.80 Å². The molecular weight excluding hydrogens is 476 g/mol. The van der Waals surface area contributed by atoms with Gasteiger partial charge in [-0.25, -0.2) is 8.42 Å². The van der Waals surface area contributed by atoms with E-state index in [2.05, 4.69) is 24.9 Å². The number of hydrogen-bond acceptors (Lipinski definition) is 8. The summed E-state index contributed by atoms with van der Waals surface area (Å²) >= 11 is 5.89. The molecule has 2 aromatic rings. The van der Waals surface area contributed by atoms with Gasteiger partial charge < -0.3 is 14.5 Å². The number of sulfonamides is 1. The summed E-state index contributed by atoms with van der Waals surface area (Å²) in [5.74, 6) is 1.67. The number of ether oxygens (including phenoxy) is 1. The average molecular weight is 507 g/mol. The molecule has 1 unspecified atom stereocenters. The van der Waals surface area contributed by atoms with E-state index in [-0.39, 0.29) is 4.90 Å². The van der Waals surface area contributed by atoms with E-state index < -0.39 is 10.0 Å². The van der Waals surface area contributed by atoms with Crippen molar-refractivity contribution < 1.29 is 13.2 Å². The Kier molecular flexibility index (Phi) is 7.22. The first kappa shape index (κ1) is 23.7. The van der Waals surface area contributed by atoms with Crippen LogP contribution in [0.15, 0.2) is 41.3 Å². The first-order chi connectivity index (χ1) is 16.5. The third kappa shape index (κ3) is 5.31. The topological polar surface area (TPSA) is 82.1 Å². The van der Waals surface area contributed by atoms with Gasteiger partial charge in [-0.05, 0) is 49.2 Å². The quantitative estimate of drug-likeness (QED) is 0.588. The van der Waals surface area contributed by atoms with Crippen LogP contribution in [0.4, 0.5) is 11.6 Å². The second-order valence-corrected chi connectivity index (χ2v) is 11.4. The Bertz CT molecular complexity index is 1050. The molecule has 0 spiro atoms. The van der Waals surface area contributed by atoms with Gasteiger partial charge in [0, 0.05) is 70.5 Å². The molecule has 0 saturated carbocycles. The molecule has 0 radical (unpaired) electrons. The molecule has 5 rings (SSSR count). The van der Waals surface area contributed by atoms with Gasteiger partial charge in [0.05, 0.1) is 11.0 Å². The Morgan fingerprint density at radius 3 is 1.97 bits per heavy atom. The highest BCUT2D eigenvalue weighted by Crippen LogP contribution is 2.23. The molecule has 1 aromatic heterocycles. The summed E-state index contributed by atoms with van der Waals surface area (Å²) in [6, 6.07) is 10.3. The van der Waals surface area contributed by atoms with Crippen LogP contribution in [0.1, 0.15) is 12.8 Å². The summed E-state index contributed by atoms with van der Waals surface area (Å²) in [6.45, 7) is 7.76. The summed E-state index contributed by atoms with van der Waals surface area (Å²) in [7, 11) is -3.52. The fourth-order valence-corrected chi connectivity index (χ4v) is 6.35. The number of nitrogens with zero attached hydrogens (tertiary/aromatic N) is 6. The van der Waals surface area contributed by atoms with E-state index in [0.717, 1.165) is 51.0 Å². The van der Waals surface area contributed by atoms with E-state index in [1.807, 2.05) is 12.1 Å². The van der Waals surface area contributed by atoms with Gasteiger partial charge in [-0.15, -0.1) is 10.2 Å². The zero-order valence-electron chi connectivity index (χ0n) is 19.2. The highest BCUT2D eigenvalue weighted by molar-refractivity contribution is 7.89. The standard InChI is InChI=1S/C23H31ClN6O3S/c24-19-3-5-21(6-4-19)34(31,32)30-15-13-29(14-16-30)23-8-7-22(25-26-23)28-11-9-27(10-12-28)18-20-2-1-17-33-20/h3-8,20H,1-2,9-18H2. The van der Waals surface area contributed by atoms with Gasteiger partial charge in [-0.1, -0.05) is 11.6 Å². The Balaban J connectivity index is 1.13. The van der Waals surface area contributed by atoms with E-state index >= 15 is 0 Å². The van der Waals surface area contributed by atoms with Gasteiger partial charge in [-0.2, -0.15) is 4.31 Å². The highest BCUT2D eigenvalue weighted by Gasteiger charge is 2.29. The van der Waals surface area contributed by atoms with E-state index in [1.165, 1.54) is 17.1 Å². The summed E-state index contributed by atoms with van der Waals surface area (Å²) in [6.07, 6.45) is 2.75. The summed E-state index contributed by atoms with van der Waals surface area (Å²) in [5, 5.41) is 9.45.